The molecule has 0 bridgehead atoms. The normalized spacial score (nSPS) is 11.9. The number of benzene rings is 4. The lowest BCUT2D eigenvalue weighted by atomic mass is 9.96. The highest BCUT2D eigenvalue weighted by molar-refractivity contribution is 5.68. The molecule has 0 radical (unpaired) electrons. The molecule has 0 spiro atoms. The Morgan fingerprint density at radius 3 is 1.30 bits per heavy atom. The maximum atomic E-state index is 12.4. The highest BCUT2D eigenvalue weighted by Crippen LogP contribution is 2.30. The van der Waals surface area contributed by atoms with Crippen molar-refractivity contribution in [2.45, 2.75) is 77.4 Å². The van der Waals surface area contributed by atoms with Gasteiger partial charge in [-0.05, 0) is 95.8 Å². The first-order valence-electron chi connectivity index (χ1n) is 14.9. The second-order valence-corrected chi connectivity index (χ2v) is 11.0. The van der Waals surface area contributed by atoms with Crippen molar-refractivity contribution in [3.8, 4) is 33.8 Å². The van der Waals surface area contributed by atoms with Crippen LogP contribution in [0.5, 0.6) is 11.5 Å². The van der Waals surface area contributed by atoms with Crippen molar-refractivity contribution < 1.29 is 35.8 Å². The van der Waals surface area contributed by atoms with E-state index < -0.39 is 12.7 Å². The maximum absolute atomic E-state index is 12.4. The van der Waals surface area contributed by atoms with E-state index in [-0.39, 0.29) is 11.5 Å². The van der Waals surface area contributed by atoms with Gasteiger partial charge in [0.2, 0.25) is 0 Å². The number of halogens is 6. The van der Waals surface area contributed by atoms with E-state index in [9.17, 15) is 26.3 Å². The average Bonchev–Trinajstić information content (AvgIpc) is 2.96. The van der Waals surface area contributed by atoms with Crippen molar-refractivity contribution >= 4 is 0 Å². The summed E-state index contributed by atoms with van der Waals surface area (Å²) >= 11 is 0. The van der Waals surface area contributed by atoms with Gasteiger partial charge in [0.15, 0.2) is 0 Å². The van der Waals surface area contributed by atoms with Crippen LogP contribution in [0, 0.1) is 6.92 Å². The SMILES string of the molecule is Cc1cc(CCCCCCCCCc2ccc(-c3ccc(OC(F)(F)F)cc3)cc2)ccc1-c1ccc(OC(F)(F)F)cc1. The van der Waals surface area contributed by atoms with Crippen molar-refractivity contribution in [2.75, 3.05) is 0 Å². The summed E-state index contributed by atoms with van der Waals surface area (Å²) in [6.07, 6.45) is 0.799. The average molecular weight is 615 g/mol. The molecule has 0 unspecified atom stereocenters. The third-order valence-corrected chi connectivity index (χ3v) is 7.50. The minimum absolute atomic E-state index is 0.226. The fourth-order valence-electron chi connectivity index (χ4n) is 5.30. The molecule has 8 heteroatoms. The molecule has 44 heavy (non-hydrogen) atoms. The minimum Gasteiger partial charge on any atom is -0.406 e. The van der Waals surface area contributed by atoms with Crippen molar-refractivity contribution in [1.82, 2.24) is 0 Å². The largest absolute Gasteiger partial charge is 0.573 e. The van der Waals surface area contributed by atoms with Crippen LogP contribution in [0.2, 0.25) is 0 Å². The summed E-state index contributed by atoms with van der Waals surface area (Å²) in [6.45, 7) is 2.02. The second kappa shape index (κ2) is 15.2. The molecule has 0 fully saturated rings. The first-order valence-corrected chi connectivity index (χ1v) is 14.9. The predicted octanol–water partition coefficient (Wildman–Crippen LogP) is 11.6. The smallest absolute Gasteiger partial charge is 0.406 e. The molecule has 0 saturated carbocycles. The number of rotatable bonds is 14. The molecule has 2 nitrogen and oxygen atoms in total. The van der Waals surface area contributed by atoms with Crippen molar-refractivity contribution in [3.05, 3.63) is 108 Å². The van der Waals surface area contributed by atoms with Gasteiger partial charge in [0.25, 0.3) is 0 Å². The maximum Gasteiger partial charge on any atom is 0.573 e. The summed E-state index contributed by atoms with van der Waals surface area (Å²) in [5.41, 5.74) is 7.25. The topological polar surface area (TPSA) is 18.5 Å². The minimum atomic E-state index is -4.70. The molecule has 0 atom stereocenters. The molecular weight excluding hydrogens is 578 g/mol. The molecule has 0 aliphatic carbocycles. The summed E-state index contributed by atoms with van der Waals surface area (Å²) in [7, 11) is 0. The van der Waals surface area contributed by atoms with E-state index in [1.165, 1.54) is 67.5 Å². The van der Waals surface area contributed by atoms with Gasteiger partial charge in [0.05, 0.1) is 0 Å². The molecule has 0 heterocycles. The van der Waals surface area contributed by atoms with Crippen LogP contribution in [0.3, 0.4) is 0 Å². The van der Waals surface area contributed by atoms with E-state index in [1.807, 2.05) is 25.1 Å². The molecule has 0 amide bonds. The van der Waals surface area contributed by atoms with Gasteiger partial charge < -0.3 is 9.47 Å². The van der Waals surface area contributed by atoms with E-state index in [2.05, 4.69) is 33.7 Å². The third kappa shape index (κ3) is 11.0. The Morgan fingerprint density at radius 1 is 0.455 bits per heavy atom. The van der Waals surface area contributed by atoms with Crippen molar-refractivity contribution in [3.63, 3.8) is 0 Å². The van der Waals surface area contributed by atoms with Gasteiger partial charge >= 0.3 is 12.7 Å². The Kier molecular flexibility index (Phi) is 11.4. The number of hydrogen-bond donors (Lipinski definition) is 0. The van der Waals surface area contributed by atoms with Crippen LogP contribution in [-0.2, 0) is 12.8 Å². The Bertz CT molecular complexity index is 1440. The summed E-state index contributed by atoms with van der Waals surface area (Å²) in [5, 5.41) is 0. The Hall–Kier alpha value is -3.94. The summed E-state index contributed by atoms with van der Waals surface area (Å²) in [4.78, 5) is 0. The van der Waals surface area contributed by atoms with E-state index >= 15 is 0 Å². The fourth-order valence-corrected chi connectivity index (χ4v) is 5.30. The summed E-state index contributed by atoms with van der Waals surface area (Å²) in [6, 6.07) is 26.3. The van der Waals surface area contributed by atoms with Gasteiger partial charge in [0.1, 0.15) is 11.5 Å². The van der Waals surface area contributed by atoms with E-state index in [0.29, 0.717) is 0 Å². The third-order valence-electron chi connectivity index (χ3n) is 7.50. The van der Waals surface area contributed by atoms with Crippen LogP contribution in [0.1, 0.15) is 61.6 Å². The molecule has 0 N–H and O–H groups in total. The molecule has 0 aromatic heterocycles. The first kappa shape index (κ1) is 33.0. The van der Waals surface area contributed by atoms with Gasteiger partial charge in [-0.15, -0.1) is 26.3 Å². The Labute approximate surface area is 254 Å². The molecule has 4 aromatic rings. The standard InChI is InChI=1S/C36H36F6O2/c1-26-25-28(13-24-34(26)31-18-22-33(23-19-31)44-36(40,41)42)10-8-6-4-2-3-5-7-9-27-11-14-29(15-12-27)30-16-20-32(21-17-30)43-35(37,38)39/h11-25H,2-10H2,1H3. The van der Waals surface area contributed by atoms with Crippen molar-refractivity contribution in [1.29, 1.82) is 0 Å². The van der Waals surface area contributed by atoms with Crippen LogP contribution in [0.15, 0.2) is 91.0 Å². The quantitative estimate of drug-likeness (QED) is 0.104. The molecule has 234 valence electrons. The Morgan fingerprint density at radius 2 is 0.841 bits per heavy atom. The van der Waals surface area contributed by atoms with Crippen molar-refractivity contribution in [2.24, 2.45) is 0 Å². The van der Waals surface area contributed by atoms with Gasteiger partial charge in [-0.3, -0.25) is 0 Å². The molecule has 4 rings (SSSR count). The lowest BCUT2D eigenvalue weighted by Gasteiger charge is -2.11. The zero-order valence-electron chi connectivity index (χ0n) is 24.6. The first-order chi connectivity index (χ1) is 20.9. The van der Waals surface area contributed by atoms with Crippen LogP contribution >= 0.6 is 0 Å². The lowest BCUT2D eigenvalue weighted by Crippen LogP contribution is -2.16. The molecule has 0 aliphatic rings. The summed E-state index contributed by atoms with van der Waals surface area (Å²) < 4.78 is 82.1. The number of aryl methyl sites for hydroxylation is 3. The number of alkyl halides is 6. The highest BCUT2D eigenvalue weighted by Gasteiger charge is 2.31. The summed E-state index contributed by atoms with van der Waals surface area (Å²) in [5.74, 6) is -0.453. The highest BCUT2D eigenvalue weighted by atomic mass is 19.4. The van der Waals surface area contributed by atoms with E-state index in [1.54, 1.807) is 24.3 Å². The molecule has 0 saturated heterocycles. The molecule has 4 aromatic carbocycles. The monoisotopic (exact) mass is 614 g/mol. The second-order valence-electron chi connectivity index (χ2n) is 11.0. The van der Waals surface area contributed by atoms with Gasteiger partial charge in [-0.25, -0.2) is 0 Å². The lowest BCUT2D eigenvalue weighted by molar-refractivity contribution is -0.275. The number of unbranched alkanes of at least 4 members (excludes halogenated alkanes) is 6. The van der Waals surface area contributed by atoms with Crippen LogP contribution < -0.4 is 9.47 Å². The van der Waals surface area contributed by atoms with Gasteiger partial charge in [-0.1, -0.05) is 98.8 Å². The number of hydrogen-bond acceptors (Lipinski definition) is 2. The van der Waals surface area contributed by atoms with Gasteiger partial charge in [-0.2, -0.15) is 0 Å². The van der Waals surface area contributed by atoms with Crippen LogP contribution in [0.4, 0.5) is 26.3 Å². The zero-order chi connectivity index (χ0) is 31.6. The molecular formula is C36H36F6O2. The van der Waals surface area contributed by atoms with Crippen LogP contribution in [-0.4, -0.2) is 12.7 Å². The number of ether oxygens (including phenoxy) is 2. The predicted molar refractivity (Wildman–Crippen MR) is 162 cm³/mol. The van der Waals surface area contributed by atoms with E-state index in [4.69, 9.17) is 0 Å². The Balaban J connectivity index is 1.09. The van der Waals surface area contributed by atoms with Gasteiger partial charge in [0, 0.05) is 0 Å². The zero-order valence-corrected chi connectivity index (χ0v) is 24.6. The van der Waals surface area contributed by atoms with E-state index in [0.717, 1.165) is 53.5 Å². The molecule has 0 aliphatic heterocycles. The van der Waals surface area contributed by atoms with Crippen LogP contribution in [0.25, 0.3) is 22.3 Å². The fraction of sp³-hybridized carbons (Fsp3) is 0.333.